The molecule has 1 heterocycles. The molecule has 78 valence electrons. The van der Waals surface area contributed by atoms with Gasteiger partial charge in [0.15, 0.2) is 0 Å². The summed E-state index contributed by atoms with van der Waals surface area (Å²) in [4.78, 5) is 0. The van der Waals surface area contributed by atoms with E-state index in [0.29, 0.717) is 5.54 Å². The van der Waals surface area contributed by atoms with Crippen LogP contribution in [-0.2, 0) is 0 Å². The standard InChI is InChI=1S/C11H24N2/c1-4-10(5-2)8-13-11(3)6-7-12-9-11/h10,12-13H,4-9H2,1-3H3. The molecule has 1 unspecified atom stereocenters. The van der Waals surface area contributed by atoms with E-state index in [4.69, 9.17) is 0 Å². The summed E-state index contributed by atoms with van der Waals surface area (Å²) in [6.45, 7) is 10.4. The monoisotopic (exact) mass is 184 g/mol. The van der Waals surface area contributed by atoms with Gasteiger partial charge in [0.1, 0.15) is 0 Å². The molecule has 0 aromatic carbocycles. The maximum Gasteiger partial charge on any atom is 0.0290 e. The molecule has 1 fully saturated rings. The van der Waals surface area contributed by atoms with E-state index in [9.17, 15) is 0 Å². The molecule has 0 saturated carbocycles. The van der Waals surface area contributed by atoms with Crippen LogP contribution < -0.4 is 10.6 Å². The molecule has 1 aliphatic rings. The van der Waals surface area contributed by atoms with Crippen LogP contribution in [0.5, 0.6) is 0 Å². The Labute approximate surface area is 82.5 Å². The predicted molar refractivity (Wildman–Crippen MR) is 58.0 cm³/mol. The van der Waals surface area contributed by atoms with Gasteiger partial charge in [0.2, 0.25) is 0 Å². The Kier molecular flexibility index (Phi) is 4.20. The number of hydrogen-bond donors (Lipinski definition) is 2. The molecule has 2 heteroatoms. The molecule has 13 heavy (non-hydrogen) atoms. The Bertz CT molecular complexity index is 135. The second kappa shape index (κ2) is 4.97. The van der Waals surface area contributed by atoms with E-state index in [1.54, 1.807) is 0 Å². The molecule has 0 aliphatic carbocycles. The third-order valence-corrected chi connectivity index (χ3v) is 3.34. The highest BCUT2D eigenvalue weighted by atomic mass is 15.1. The van der Waals surface area contributed by atoms with Gasteiger partial charge in [0, 0.05) is 12.1 Å². The number of rotatable bonds is 5. The lowest BCUT2D eigenvalue weighted by molar-refractivity contribution is 0.336. The molecule has 1 saturated heterocycles. The normalized spacial score (nSPS) is 28.6. The summed E-state index contributed by atoms with van der Waals surface area (Å²) < 4.78 is 0. The number of hydrogen-bond acceptors (Lipinski definition) is 2. The van der Waals surface area contributed by atoms with Crippen molar-refractivity contribution in [3.8, 4) is 0 Å². The Morgan fingerprint density at radius 3 is 2.54 bits per heavy atom. The van der Waals surface area contributed by atoms with Crippen molar-refractivity contribution in [3.05, 3.63) is 0 Å². The van der Waals surface area contributed by atoms with Gasteiger partial charge in [-0.2, -0.15) is 0 Å². The minimum Gasteiger partial charge on any atom is -0.315 e. The molecule has 0 amide bonds. The van der Waals surface area contributed by atoms with Crippen molar-refractivity contribution in [1.82, 2.24) is 10.6 Å². The minimum atomic E-state index is 0.364. The van der Waals surface area contributed by atoms with E-state index >= 15 is 0 Å². The zero-order chi connectivity index (χ0) is 9.73. The van der Waals surface area contributed by atoms with Crippen LogP contribution in [0.3, 0.4) is 0 Å². The van der Waals surface area contributed by atoms with Crippen LogP contribution in [0.1, 0.15) is 40.0 Å². The van der Waals surface area contributed by atoms with Gasteiger partial charge in [-0.25, -0.2) is 0 Å². The van der Waals surface area contributed by atoms with Gasteiger partial charge in [0.25, 0.3) is 0 Å². The first-order chi connectivity index (χ1) is 6.20. The summed E-state index contributed by atoms with van der Waals surface area (Å²) in [6.07, 6.45) is 3.87. The Morgan fingerprint density at radius 1 is 1.38 bits per heavy atom. The highest BCUT2D eigenvalue weighted by Gasteiger charge is 2.27. The fourth-order valence-corrected chi connectivity index (χ4v) is 1.94. The van der Waals surface area contributed by atoms with E-state index in [1.165, 1.54) is 32.4 Å². The molecule has 2 N–H and O–H groups in total. The average Bonchev–Trinajstić information content (AvgIpc) is 2.55. The van der Waals surface area contributed by atoms with Gasteiger partial charge in [-0.1, -0.05) is 26.7 Å². The van der Waals surface area contributed by atoms with Gasteiger partial charge in [-0.3, -0.25) is 0 Å². The summed E-state index contributed by atoms with van der Waals surface area (Å²) in [5, 5.41) is 7.11. The summed E-state index contributed by atoms with van der Waals surface area (Å²) in [5.41, 5.74) is 0.364. The average molecular weight is 184 g/mol. The molecular weight excluding hydrogens is 160 g/mol. The van der Waals surface area contributed by atoms with Gasteiger partial charge in [-0.05, 0) is 32.4 Å². The molecule has 0 bridgehead atoms. The maximum atomic E-state index is 3.70. The van der Waals surface area contributed by atoms with E-state index in [-0.39, 0.29) is 0 Å². The van der Waals surface area contributed by atoms with Crippen LogP contribution in [0.25, 0.3) is 0 Å². The van der Waals surface area contributed by atoms with Crippen LogP contribution in [0, 0.1) is 5.92 Å². The summed E-state index contributed by atoms with van der Waals surface area (Å²) in [5.74, 6) is 0.859. The predicted octanol–water partition coefficient (Wildman–Crippen LogP) is 1.76. The summed E-state index contributed by atoms with van der Waals surface area (Å²) in [6, 6.07) is 0. The molecule has 0 aromatic rings. The van der Waals surface area contributed by atoms with Crippen molar-refractivity contribution >= 4 is 0 Å². The Morgan fingerprint density at radius 2 is 2.08 bits per heavy atom. The Balaban J connectivity index is 2.23. The van der Waals surface area contributed by atoms with Gasteiger partial charge < -0.3 is 10.6 Å². The second-order valence-corrected chi connectivity index (χ2v) is 4.55. The smallest absolute Gasteiger partial charge is 0.0290 e. The lowest BCUT2D eigenvalue weighted by Crippen LogP contribution is -2.46. The second-order valence-electron chi connectivity index (χ2n) is 4.55. The zero-order valence-electron chi connectivity index (χ0n) is 9.32. The third-order valence-electron chi connectivity index (χ3n) is 3.34. The quantitative estimate of drug-likeness (QED) is 0.680. The van der Waals surface area contributed by atoms with Gasteiger partial charge >= 0.3 is 0 Å². The van der Waals surface area contributed by atoms with Crippen LogP contribution in [0.2, 0.25) is 0 Å². The first-order valence-corrected chi connectivity index (χ1v) is 5.66. The van der Waals surface area contributed by atoms with Crippen molar-refractivity contribution in [1.29, 1.82) is 0 Å². The first-order valence-electron chi connectivity index (χ1n) is 5.66. The lowest BCUT2D eigenvalue weighted by atomic mass is 9.98. The molecule has 0 spiro atoms. The molecule has 1 atom stereocenters. The summed E-state index contributed by atoms with van der Waals surface area (Å²) >= 11 is 0. The van der Waals surface area contributed by atoms with Crippen molar-refractivity contribution in [2.24, 2.45) is 5.92 Å². The SMILES string of the molecule is CCC(CC)CNC1(C)CCNC1. The molecule has 1 rings (SSSR count). The molecule has 1 aliphatic heterocycles. The van der Waals surface area contributed by atoms with E-state index in [2.05, 4.69) is 31.4 Å². The van der Waals surface area contributed by atoms with Crippen molar-refractivity contribution < 1.29 is 0 Å². The topological polar surface area (TPSA) is 24.1 Å². The molecule has 0 radical (unpaired) electrons. The van der Waals surface area contributed by atoms with Gasteiger partial charge in [-0.15, -0.1) is 0 Å². The fraction of sp³-hybridized carbons (Fsp3) is 1.00. The fourth-order valence-electron chi connectivity index (χ4n) is 1.94. The maximum absolute atomic E-state index is 3.70. The first kappa shape index (κ1) is 11.0. The van der Waals surface area contributed by atoms with E-state index in [1.807, 2.05) is 0 Å². The van der Waals surface area contributed by atoms with E-state index in [0.717, 1.165) is 12.5 Å². The zero-order valence-corrected chi connectivity index (χ0v) is 9.32. The molecule has 2 nitrogen and oxygen atoms in total. The minimum absolute atomic E-state index is 0.364. The van der Waals surface area contributed by atoms with Crippen LogP contribution in [-0.4, -0.2) is 25.2 Å². The summed E-state index contributed by atoms with van der Waals surface area (Å²) in [7, 11) is 0. The van der Waals surface area contributed by atoms with E-state index < -0.39 is 0 Å². The third kappa shape index (κ3) is 3.28. The van der Waals surface area contributed by atoms with Crippen LogP contribution in [0.4, 0.5) is 0 Å². The molecule has 0 aromatic heterocycles. The highest BCUT2D eigenvalue weighted by Crippen LogP contribution is 2.15. The number of nitrogens with one attached hydrogen (secondary N) is 2. The van der Waals surface area contributed by atoms with Gasteiger partial charge in [0.05, 0.1) is 0 Å². The van der Waals surface area contributed by atoms with Crippen molar-refractivity contribution in [3.63, 3.8) is 0 Å². The largest absolute Gasteiger partial charge is 0.315 e. The van der Waals surface area contributed by atoms with Crippen LogP contribution >= 0.6 is 0 Å². The van der Waals surface area contributed by atoms with Crippen molar-refractivity contribution in [2.45, 2.75) is 45.6 Å². The van der Waals surface area contributed by atoms with Crippen molar-refractivity contribution in [2.75, 3.05) is 19.6 Å². The van der Waals surface area contributed by atoms with Crippen LogP contribution in [0.15, 0.2) is 0 Å². The molecular formula is C11H24N2. The lowest BCUT2D eigenvalue weighted by Gasteiger charge is -2.27. The highest BCUT2D eigenvalue weighted by molar-refractivity contribution is 4.91. The Hall–Kier alpha value is -0.0800.